The molecule has 1 heterocycles. The van der Waals surface area contributed by atoms with Crippen molar-refractivity contribution in [1.29, 1.82) is 0 Å². The van der Waals surface area contributed by atoms with E-state index in [-0.39, 0.29) is 18.1 Å². The summed E-state index contributed by atoms with van der Waals surface area (Å²) in [6, 6.07) is 2.84. The Morgan fingerprint density at radius 2 is 2.17 bits per heavy atom. The molecule has 98 valence electrons. The van der Waals surface area contributed by atoms with Crippen LogP contribution in [0, 0.1) is 11.8 Å². The molecule has 0 saturated heterocycles. The Balaban J connectivity index is 1.88. The lowest BCUT2D eigenvalue weighted by atomic mass is 9.97. The van der Waals surface area contributed by atoms with Crippen molar-refractivity contribution in [3.63, 3.8) is 0 Å². The first-order valence-corrected chi connectivity index (χ1v) is 6.28. The van der Waals surface area contributed by atoms with Crippen LogP contribution in [0.15, 0.2) is 23.1 Å². The molecule has 1 aromatic heterocycles. The van der Waals surface area contributed by atoms with Crippen LogP contribution in [-0.2, 0) is 0 Å². The van der Waals surface area contributed by atoms with Crippen LogP contribution < -0.4 is 10.9 Å². The second kappa shape index (κ2) is 5.82. The molecule has 3 N–H and O–H groups in total. The molecule has 0 aliphatic heterocycles. The monoisotopic (exact) mass is 250 g/mol. The molecule has 1 aliphatic rings. The van der Waals surface area contributed by atoms with E-state index < -0.39 is 0 Å². The largest absolute Gasteiger partial charge is 0.396 e. The van der Waals surface area contributed by atoms with Crippen LogP contribution in [0.1, 0.15) is 29.6 Å². The van der Waals surface area contributed by atoms with E-state index in [4.69, 9.17) is 0 Å². The van der Waals surface area contributed by atoms with Crippen LogP contribution in [-0.4, -0.2) is 29.1 Å². The highest BCUT2D eigenvalue weighted by molar-refractivity contribution is 5.93. The Labute approximate surface area is 105 Å². The summed E-state index contributed by atoms with van der Waals surface area (Å²) in [7, 11) is 0. The molecule has 1 aromatic rings. The lowest BCUT2D eigenvalue weighted by Gasteiger charge is -2.17. The summed E-state index contributed by atoms with van der Waals surface area (Å²) in [5, 5.41) is 12.0. The molecular weight excluding hydrogens is 232 g/mol. The predicted molar refractivity (Wildman–Crippen MR) is 67.3 cm³/mol. The average Bonchev–Trinajstić information content (AvgIpc) is 2.84. The third-order valence-electron chi connectivity index (χ3n) is 3.62. The molecule has 1 fully saturated rings. The zero-order chi connectivity index (χ0) is 13.0. The van der Waals surface area contributed by atoms with Crippen molar-refractivity contribution in [3.8, 4) is 0 Å². The van der Waals surface area contributed by atoms with Gasteiger partial charge in [-0.1, -0.05) is 6.42 Å². The van der Waals surface area contributed by atoms with Gasteiger partial charge in [-0.05, 0) is 30.7 Å². The van der Waals surface area contributed by atoms with E-state index in [1.807, 2.05) is 0 Å². The number of aromatic nitrogens is 1. The number of hydrogen-bond donors (Lipinski definition) is 3. The first-order chi connectivity index (χ1) is 8.70. The number of rotatable bonds is 4. The van der Waals surface area contributed by atoms with Gasteiger partial charge in [0.2, 0.25) is 5.56 Å². The summed E-state index contributed by atoms with van der Waals surface area (Å²) in [6.07, 6.45) is 4.62. The molecule has 0 aromatic carbocycles. The second-order valence-electron chi connectivity index (χ2n) is 4.79. The van der Waals surface area contributed by atoms with Gasteiger partial charge in [0.1, 0.15) is 0 Å². The van der Waals surface area contributed by atoms with Gasteiger partial charge in [0, 0.05) is 25.4 Å². The smallest absolute Gasteiger partial charge is 0.252 e. The highest BCUT2D eigenvalue weighted by Crippen LogP contribution is 2.30. The fraction of sp³-hybridized carbons (Fsp3) is 0.538. The van der Waals surface area contributed by atoms with Crippen LogP contribution in [0.5, 0.6) is 0 Å². The number of amides is 1. The summed E-state index contributed by atoms with van der Waals surface area (Å²) in [5.74, 6) is 0.484. The normalized spacial score (nSPS) is 22.9. The highest BCUT2D eigenvalue weighted by Gasteiger charge is 2.26. The first-order valence-electron chi connectivity index (χ1n) is 6.28. The summed E-state index contributed by atoms with van der Waals surface area (Å²) >= 11 is 0. The SMILES string of the molecule is O=C(NCC1CCCC1CO)c1ccc(=O)[nH]c1. The van der Waals surface area contributed by atoms with Gasteiger partial charge in [0.25, 0.3) is 5.91 Å². The highest BCUT2D eigenvalue weighted by atomic mass is 16.3. The standard InChI is InChI=1S/C13H18N2O3/c16-8-11-3-1-2-9(11)6-15-13(18)10-4-5-12(17)14-7-10/h4-5,7,9,11,16H,1-3,6,8H2,(H,14,17)(H,15,18). The van der Waals surface area contributed by atoms with Gasteiger partial charge in [-0.25, -0.2) is 0 Å². The lowest BCUT2D eigenvalue weighted by Crippen LogP contribution is -2.32. The van der Waals surface area contributed by atoms with E-state index in [1.54, 1.807) is 0 Å². The summed E-state index contributed by atoms with van der Waals surface area (Å²) < 4.78 is 0. The van der Waals surface area contributed by atoms with Crippen molar-refractivity contribution in [1.82, 2.24) is 10.3 Å². The molecule has 0 bridgehead atoms. The summed E-state index contributed by atoms with van der Waals surface area (Å²) in [5.41, 5.74) is 0.232. The Hall–Kier alpha value is -1.62. The maximum absolute atomic E-state index is 11.8. The number of carbonyl (C=O) groups is 1. The maximum atomic E-state index is 11.8. The van der Waals surface area contributed by atoms with Gasteiger partial charge >= 0.3 is 0 Å². The lowest BCUT2D eigenvalue weighted by molar-refractivity contribution is 0.0937. The Morgan fingerprint density at radius 3 is 2.83 bits per heavy atom. The quantitative estimate of drug-likeness (QED) is 0.728. The van der Waals surface area contributed by atoms with Crippen LogP contribution in [0.3, 0.4) is 0 Å². The van der Waals surface area contributed by atoms with E-state index in [2.05, 4.69) is 10.3 Å². The summed E-state index contributed by atoms with van der Waals surface area (Å²) in [4.78, 5) is 25.2. The molecule has 5 heteroatoms. The van der Waals surface area contributed by atoms with Crippen molar-refractivity contribution in [2.45, 2.75) is 19.3 Å². The minimum Gasteiger partial charge on any atom is -0.396 e. The van der Waals surface area contributed by atoms with Crippen molar-refractivity contribution < 1.29 is 9.90 Å². The van der Waals surface area contributed by atoms with Gasteiger partial charge in [0.05, 0.1) is 5.56 Å². The van der Waals surface area contributed by atoms with Gasteiger partial charge in [-0.2, -0.15) is 0 Å². The van der Waals surface area contributed by atoms with Gasteiger partial charge < -0.3 is 15.4 Å². The van der Waals surface area contributed by atoms with Crippen LogP contribution in [0.2, 0.25) is 0 Å². The number of H-pyrrole nitrogens is 1. The molecule has 0 spiro atoms. The van der Waals surface area contributed by atoms with Crippen molar-refractivity contribution >= 4 is 5.91 Å². The fourth-order valence-corrected chi connectivity index (χ4v) is 2.50. The molecular formula is C13H18N2O3. The van der Waals surface area contributed by atoms with E-state index in [9.17, 15) is 14.7 Å². The van der Waals surface area contributed by atoms with Crippen LogP contribution in [0.4, 0.5) is 0 Å². The molecule has 18 heavy (non-hydrogen) atoms. The molecule has 2 rings (SSSR count). The average molecular weight is 250 g/mol. The summed E-state index contributed by atoms with van der Waals surface area (Å²) in [6.45, 7) is 0.780. The molecule has 2 unspecified atom stereocenters. The third-order valence-corrected chi connectivity index (χ3v) is 3.62. The van der Waals surface area contributed by atoms with E-state index >= 15 is 0 Å². The van der Waals surface area contributed by atoms with Gasteiger partial charge in [-0.15, -0.1) is 0 Å². The second-order valence-corrected chi connectivity index (χ2v) is 4.79. The molecule has 5 nitrogen and oxygen atoms in total. The Kier molecular flexibility index (Phi) is 4.15. The number of carbonyl (C=O) groups excluding carboxylic acids is 1. The Bertz CT molecular complexity index is 449. The van der Waals surface area contributed by atoms with Crippen LogP contribution >= 0.6 is 0 Å². The van der Waals surface area contributed by atoms with E-state index in [0.717, 1.165) is 19.3 Å². The molecule has 1 aliphatic carbocycles. The Morgan fingerprint density at radius 1 is 1.39 bits per heavy atom. The van der Waals surface area contributed by atoms with E-state index in [1.165, 1.54) is 18.3 Å². The van der Waals surface area contributed by atoms with Crippen molar-refractivity contribution in [2.75, 3.05) is 13.2 Å². The fourth-order valence-electron chi connectivity index (χ4n) is 2.50. The number of nitrogens with one attached hydrogen (secondary N) is 2. The molecule has 1 saturated carbocycles. The topological polar surface area (TPSA) is 82.2 Å². The number of aromatic amines is 1. The zero-order valence-corrected chi connectivity index (χ0v) is 10.2. The van der Waals surface area contributed by atoms with E-state index in [0.29, 0.717) is 23.9 Å². The molecule has 2 atom stereocenters. The number of hydrogen-bond acceptors (Lipinski definition) is 3. The van der Waals surface area contributed by atoms with Gasteiger partial charge in [-0.3, -0.25) is 9.59 Å². The predicted octanol–water partition coefficient (Wildman–Crippen LogP) is 0.513. The van der Waals surface area contributed by atoms with Crippen molar-refractivity contribution in [2.24, 2.45) is 11.8 Å². The molecule has 1 amide bonds. The number of aliphatic hydroxyl groups excluding tert-OH is 1. The zero-order valence-electron chi connectivity index (χ0n) is 10.2. The minimum atomic E-state index is -0.220. The third kappa shape index (κ3) is 2.98. The van der Waals surface area contributed by atoms with Crippen molar-refractivity contribution in [3.05, 3.63) is 34.2 Å². The maximum Gasteiger partial charge on any atom is 0.252 e. The molecule has 0 radical (unpaired) electrons. The minimum absolute atomic E-state index is 0.185. The number of pyridine rings is 1. The first kappa shape index (κ1) is 12.8. The van der Waals surface area contributed by atoms with Crippen LogP contribution in [0.25, 0.3) is 0 Å². The van der Waals surface area contributed by atoms with Gasteiger partial charge in [0.15, 0.2) is 0 Å². The number of aliphatic hydroxyl groups is 1.